The van der Waals surface area contributed by atoms with E-state index in [-0.39, 0.29) is 6.04 Å². The number of alkyl halides is 3. The van der Waals surface area contributed by atoms with E-state index in [0.717, 1.165) is 44.5 Å². The van der Waals surface area contributed by atoms with E-state index >= 15 is 0 Å². The van der Waals surface area contributed by atoms with Crippen molar-refractivity contribution in [1.29, 1.82) is 0 Å². The molecule has 100 valence electrons. The van der Waals surface area contributed by atoms with Crippen LogP contribution in [0.3, 0.4) is 0 Å². The van der Waals surface area contributed by atoms with Gasteiger partial charge in [-0.25, -0.2) is 4.98 Å². The predicted octanol–water partition coefficient (Wildman–Crippen LogP) is 2.65. The first-order valence-electron chi connectivity index (χ1n) is 6.06. The van der Waals surface area contributed by atoms with Crippen molar-refractivity contribution in [2.24, 2.45) is 0 Å². The average Bonchev–Trinajstić information content (AvgIpc) is 2.57. The van der Waals surface area contributed by atoms with E-state index in [9.17, 15) is 13.2 Å². The third-order valence-electron chi connectivity index (χ3n) is 2.99. The molecule has 1 atom stereocenters. The second-order valence-corrected chi connectivity index (χ2v) is 4.47. The number of hydrogen-bond acceptors (Lipinski definition) is 3. The van der Waals surface area contributed by atoms with Crippen molar-refractivity contribution in [1.82, 2.24) is 10.3 Å². The highest BCUT2D eigenvalue weighted by atomic mass is 19.4. The van der Waals surface area contributed by atoms with Crippen molar-refractivity contribution in [3.63, 3.8) is 0 Å². The summed E-state index contributed by atoms with van der Waals surface area (Å²) in [6.45, 7) is 1.73. The largest absolute Gasteiger partial charge is 0.416 e. The Bertz CT molecular complexity index is 384. The van der Waals surface area contributed by atoms with Gasteiger partial charge in [0.1, 0.15) is 5.82 Å². The molecule has 2 N–H and O–H groups in total. The summed E-state index contributed by atoms with van der Waals surface area (Å²) in [4.78, 5) is 3.94. The average molecular weight is 259 g/mol. The van der Waals surface area contributed by atoms with Crippen LogP contribution >= 0.6 is 0 Å². The number of hydrogen-bond donors (Lipinski definition) is 2. The second-order valence-electron chi connectivity index (χ2n) is 4.47. The summed E-state index contributed by atoms with van der Waals surface area (Å²) >= 11 is 0. The lowest BCUT2D eigenvalue weighted by Crippen LogP contribution is -2.31. The Hall–Kier alpha value is -1.30. The first-order chi connectivity index (χ1) is 8.55. The zero-order valence-corrected chi connectivity index (χ0v) is 9.93. The van der Waals surface area contributed by atoms with E-state index < -0.39 is 11.7 Å². The van der Waals surface area contributed by atoms with Gasteiger partial charge in [0.15, 0.2) is 0 Å². The fourth-order valence-electron chi connectivity index (χ4n) is 2.04. The van der Waals surface area contributed by atoms with Gasteiger partial charge in [0, 0.05) is 18.8 Å². The van der Waals surface area contributed by atoms with Crippen molar-refractivity contribution in [2.75, 3.05) is 18.4 Å². The fraction of sp³-hybridized carbons (Fsp3) is 0.583. The number of halogens is 3. The molecule has 0 spiro atoms. The quantitative estimate of drug-likeness (QED) is 0.857. The first kappa shape index (κ1) is 13.1. The minimum atomic E-state index is -4.32. The maximum atomic E-state index is 12.5. The highest BCUT2D eigenvalue weighted by Gasteiger charge is 2.30. The number of pyridine rings is 1. The topological polar surface area (TPSA) is 37.0 Å². The lowest BCUT2D eigenvalue weighted by molar-refractivity contribution is -0.137. The van der Waals surface area contributed by atoms with Crippen molar-refractivity contribution in [3.8, 4) is 0 Å². The molecule has 0 aromatic carbocycles. The van der Waals surface area contributed by atoms with Crippen molar-refractivity contribution in [2.45, 2.75) is 31.5 Å². The van der Waals surface area contributed by atoms with E-state index in [1.54, 1.807) is 0 Å². The van der Waals surface area contributed by atoms with Crippen LogP contribution in [0, 0.1) is 0 Å². The molecule has 1 saturated heterocycles. The van der Waals surface area contributed by atoms with Crippen molar-refractivity contribution in [3.05, 3.63) is 23.9 Å². The highest BCUT2D eigenvalue weighted by molar-refractivity contribution is 5.39. The van der Waals surface area contributed by atoms with Gasteiger partial charge >= 0.3 is 6.18 Å². The standard InChI is InChI=1S/C12H16F3N3/c13-12(14,15)9-4-6-17-11(7-9)18-10-3-1-2-5-16-8-10/h4,6-7,10,16H,1-3,5,8H2,(H,17,18). The molecule has 2 rings (SSSR count). The Morgan fingerprint density at radius 2 is 2.17 bits per heavy atom. The van der Waals surface area contributed by atoms with Gasteiger partial charge in [0.25, 0.3) is 0 Å². The van der Waals surface area contributed by atoms with Crippen molar-refractivity contribution >= 4 is 5.82 Å². The molecule has 0 saturated carbocycles. The summed E-state index contributed by atoms with van der Waals surface area (Å²) < 4.78 is 37.6. The third-order valence-corrected chi connectivity index (χ3v) is 2.99. The Morgan fingerprint density at radius 1 is 1.33 bits per heavy atom. The maximum Gasteiger partial charge on any atom is 0.416 e. The molecule has 1 unspecified atom stereocenters. The van der Waals surface area contributed by atoms with Crippen LogP contribution in [0.4, 0.5) is 19.0 Å². The number of rotatable bonds is 2. The van der Waals surface area contributed by atoms with E-state index in [1.807, 2.05) is 0 Å². The van der Waals surface area contributed by atoms with Gasteiger partial charge in [0.05, 0.1) is 5.56 Å². The summed E-state index contributed by atoms with van der Waals surface area (Å²) in [6.07, 6.45) is -0.000880. The molecule has 6 heteroatoms. The van der Waals surface area contributed by atoms with E-state index in [0.29, 0.717) is 5.82 Å². The van der Waals surface area contributed by atoms with E-state index in [2.05, 4.69) is 15.6 Å². The number of nitrogens with zero attached hydrogens (tertiary/aromatic N) is 1. The molecule has 1 aliphatic rings. The molecule has 0 aliphatic carbocycles. The predicted molar refractivity (Wildman–Crippen MR) is 63.4 cm³/mol. The van der Waals surface area contributed by atoms with Gasteiger partial charge in [-0.2, -0.15) is 13.2 Å². The smallest absolute Gasteiger partial charge is 0.366 e. The summed E-state index contributed by atoms with van der Waals surface area (Å²) in [7, 11) is 0. The first-order valence-corrected chi connectivity index (χ1v) is 6.06. The lowest BCUT2D eigenvalue weighted by atomic mass is 10.1. The Kier molecular flexibility index (Phi) is 4.06. The zero-order valence-electron chi connectivity index (χ0n) is 9.93. The molecule has 0 radical (unpaired) electrons. The summed E-state index contributed by atoms with van der Waals surface area (Å²) in [5.74, 6) is 0.290. The SMILES string of the molecule is FC(F)(F)c1ccnc(NC2CCCCNC2)c1. The lowest BCUT2D eigenvalue weighted by Gasteiger charge is -2.17. The van der Waals surface area contributed by atoms with Gasteiger partial charge in [-0.3, -0.25) is 0 Å². The van der Waals surface area contributed by atoms with Gasteiger partial charge in [-0.15, -0.1) is 0 Å². The third kappa shape index (κ3) is 3.60. The molecule has 1 aromatic rings. The molecule has 0 bridgehead atoms. The van der Waals surface area contributed by atoms with Crippen LogP contribution in [0.15, 0.2) is 18.3 Å². The number of aromatic nitrogens is 1. The van der Waals surface area contributed by atoms with Crippen LogP contribution in [-0.2, 0) is 6.18 Å². The fourth-order valence-corrected chi connectivity index (χ4v) is 2.04. The molecule has 1 aliphatic heterocycles. The Balaban J connectivity index is 2.04. The van der Waals surface area contributed by atoms with Crippen LogP contribution in [-0.4, -0.2) is 24.1 Å². The second kappa shape index (κ2) is 5.56. The molecular formula is C12H16F3N3. The van der Waals surface area contributed by atoms with Crippen LogP contribution in [0.2, 0.25) is 0 Å². The Labute approximate surface area is 104 Å². The van der Waals surface area contributed by atoms with Crippen LogP contribution in [0.5, 0.6) is 0 Å². The van der Waals surface area contributed by atoms with Gasteiger partial charge in [-0.1, -0.05) is 6.42 Å². The van der Waals surface area contributed by atoms with Crippen LogP contribution < -0.4 is 10.6 Å². The summed E-state index contributed by atoms with van der Waals surface area (Å²) in [5, 5.41) is 6.31. The van der Waals surface area contributed by atoms with Crippen molar-refractivity contribution < 1.29 is 13.2 Å². The molecule has 1 fully saturated rings. The molecule has 1 aromatic heterocycles. The zero-order chi connectivity index (χ0) is 13.0. The van der Waals surface area contributed by atoms with Crippen LogP contribution in [0.1, 0.15) is 24.8 Å². The number of anilines is 1. The normalized spacial score (nSPS) is 21.4. The minimum absolute atomic E-state index is 0.142. The molecule has 2 heterocycles. The van der Waals surface area contributed by atoms with Crippen LogP contribution in [0.25, 0.3) is 0 Å². The maximum absolute atomic E-state index is 12.5. The number of nitrogens with one attached hydrogen (secondary N) is 2. The Morgan fingerprint density at radius 3 is 2.94 bits per heavy atom. The summed E-state index contributed by atoms with van der Waals surface area (Å²) in [6, 6.07) is 2.19. The van der Waals surface area contributed by atoms with Gasteiger partial charge in [-0.05, 0) is 31.5 Å². The molecular weight excluding hydrogens is 243 g/mol. The van der Waals surface area contributed by atoms with E-state index in [1.165, 1.54) is 6.20 Å². The molecule has 0 amide bonds. The summed E-state index contributed by atoms with van der Waals surface area (Å²) in [5.41, 5.74) is -0.665. The molecule has 3 nitrogen and oxygen atoms in total. The monoisotopic (exact) mass is 259 g/mol. The van der Waals surface area contributed by atoms with Gasteiger partial charge in [0.2, 0.25) is 0 Å². The molecule has 18 heavy (non-hydrogen) atoms. The minimum Gasteiger partial charge on any atom is -0.366 e. The van der Waals surface area contributed by atoms with E-state index in [4.69, 9.17) is 0 Å². The highest BCUT2D eigenvalue weighted by Crippen LogP contribution is 2.30. The van der Waals surface area contributed by atoms with Gasteiger partial charge < -0.3 is 10.6 Å².